The molecule has 1 heterocycles. The highest BCUT2D eigenvalue weighted by molar-refractivity contribution is 7.90. The van der Waals surface area contributed by atoms with Crippen LogP contribution in [0.3, 0.4) is 0 Å². The Morgan fingerprint density at radius 3 is 2.43 bits per heavy atom. The van der Waals surface area contributed by atoms with Crippen LogP contribution in [-0.2, 0) is 14.6 Å². The highest BCUT2D eigenvalue weighted by Crippen LogP contribution is 2.28. The summed E-state index contributed by atoms with van der Waals surface area (Å²) in [6, 6.07) is 3.19. The molecule has 0 unspecified atom stereocenters. The minimum atomic E-state index is -3.63. The molecular weight excluding hydrogens is 296 g/mol. The zero-order valence-corrected chi connectivity index (χ0v) is 13.0. The quantitative estimate of drug-likeness (QED) is 0.801. The third-order valence-electron chi connectivity index (χ3n) is 3.11. The van der Waals surface area contributed by atoms with E-state index in [1.165, 1.54) is 14.0 Å². The third-order valence-corrected chi connectivity index (χ3v) is 4.17. The standard InChI is InChI=1S/C14H16O6S/c1-8-11(19-7-18-3)6-5-10-12(15)9(2)14(20-13(8)10)21(4,16)17/h5-6H,7H2,1-4H3. The van der Waals surface area contributed by atoms with Gasteiger partial charge in [-0.2, -0.15) is 0 Å². The lowest BCUT2D eigenvalue weighted by Crippen LogP contribution is -2.13. The second-order valence-corrected chi connectivity index (χ2v) is 6.65. The van der Waals surface area contributed by atoms with Crippen molar-refractivity contribution in [1.29, 1.82) is 0 Å². The molecule has 7 heteroatoms. The Labute approximate surface area is 122 Å². The summed E-state index contributed by atoms with van der Waals surface area (Å²) in [5.74, 6) is 0.468. The van der Waals surface area contributed by atoms with Gasteiger partial charge in [-0.15, -0.1) is 0 Å². The summed E-state index contributed by atoms with van der Waals surface area (Å²) in [4.78, 5) is 12.3. The van der Waals surface area contributed by atoms with Crippen LogP contribution in [0.5, 0.6) is 5.75 Å². The predicted molar refractivity (Wildman–Crippen MR) is 77.6 cm³/mol. The van der Waals surface area contributed by atoms with Crippen molar-refractivity contribution in [3.63, 3.8) is 0 Å². The molecule has 0 saturated carbocycles. The van der Waals surface area contributed by atoms with E-state index in [2.05, 4.69) is 0 Å². The van der Waals surface area contributed by atoms with Crippen LogP contribution in [0.25, 0.3) is 11.0 Å². The second kappa shape index (κ2) is 5.50. The fourth-order valence-electron chi connectivity index (χ4n) is 2.08. The summed E-state index contributed by atoms with van der Waals surface area (Å²) in [5.41, 5.74) is 0.471. The van der Waals surface area contributed by atoms with E-state index in [1.54, 1.807) is 19.1 Å². The molecule has 0 aliphatic carbocycles. The Morgan fingerprint density at radius 2 is 1.86 bits per heavy atom. The zero-order chi connectivity index (χ0) is 15.8. The number of hydrogen-bond acceptors (Lipinski definition) is 6. The molecule has 0 atom stereocenters. The molecule has 1 aromatic heterocycles. The number of ether oxygens (including phenoxy) is 2. The van der Waals surface area contributed by atoms with Gasteiger partial charge in [-0.05, 0) is 26.0 Å². The number of aryl methyl sites for hydroxylation is 1. The molecular formula is C14H16O6S. The highest BCUT2D eigenvalue weighted by Gasteiger charge is 2.21. The Bertz CT molecular complexity index is 848. The summed E-state index contributed by atoms with van der Waals surface area (Å²) in [6.45, 7) is 3.17. The molecule has 0 aliphatic heterocycles. The first-order chi connectivity index (χ1) is 9.77. The van der Waals surface area contributed by atoms with Crippen molar-refractivity contribution in [2.75, 3.05) is 20.2 Å². The molecule has 2 aromatic rings. The summed E-state index contributed by atoms with van der Waals surface area (Å²) in [6.07, 6.45) is 1.00. The monoisotopic (exact) mass is 312 g/mol. The predicted octanol–water partition coefficient (Wildman–Crippen LogP) is 1.80. The maximum absolute atomic E-state index is 12.3. The van der Waals surface area contributed by atoms with Crippen LogP contribution in [0, 0.1) is 13.8 Å². The first-order valence-electron chi connectivity index (χ1n) is 6.16. The van der Waals surface area contributed by atoms with E-state index in [-0.39, 0.29) is 28.5 Å². The van der Waals surface area contributed by atoms with Crippen molar-refractivity contribution in [2.45, 2.75) is 18.9 Å². The van der Waals surface area contributed by atoms with E-state index in [0.29, 0.717) is 16.7 Å². The Kier molecular flexibility index (Phi) is 4.06. The highest BCUT2D eigenvalue weighted by atomic mass is 32.2. The Hall–Kier alpha value is -1.86. The molecule has 0 fully saturated rings. The van der Waals surface area contributed by atoms with Gasteiger partial charge in [0.15, 0.2) is 12.2 Å². The van der Waals surface area contributed by atoms with Crippen LogP contribution in [-0.4, -0.2) is 28.6 Å². The first kappa shape index (κ1) is 15.5. The van der Waals surface area contributed by atoms with Gasteiger partial charge in [0.2, 0.25) is 14.9 Å². The van der Waals surface area contributed by atoms with Crippen LogP contribution in [0.15, 0.2) is 26.4 Å². The number of rotatable bonds is 4. The van der Waals surface area contributed by atoms with Gasteiger partial charge in [0.05, 0.1) is 10.9 Å². The molecule has 0 amide bonds. The van der Waals surface area contributed by atoms with Gasteiger partial charge in [-0.1, -0.05) is 0 Å². The van der Waals surface area contributed by atoms with Crippen molar-refractivity contribution in [1.82, 2.24) is 0 Å². The summed E-state index contributed by atoms with van der Waals surface area (Å²) in [5, 5.41) is 0.00848. The van der Waals surface area contributed by atoms with Crippen molar-refractivity contribution in [3.8, 4) is 5.75 Å². The van der Waals surface area contributed by atoms with Crippen molar-refractivity contribution >= 4 is 20.8 Å². The number of methoxy groups -OCH3 is 1. The normalized spacial score (nSPS) is 11.8. The maximum atomic E-state index is 12.3. The van der Waals surface area contributed by atoms with E-state index < -0.39 is 9.84 Å². The minimum Gasteiger partial charge on any atom is -0.467 e. The van der Waals surface area contributed by atoms with Gasteiger partial charge in [-0.3, -0.25) is 4.79 Å². The van der Waals surface area contributed by atoms with Crippen LogP contribution >= 0.6 is 0 Å². The first-order valence-corrected chi connectivity index (χ1v) is 8.05. The van der Waals surface area contributed by atoms with Crippen LogP contribution in [0.1, 0.15) is 11.1 Å². The molecule has 0 bridgehead atoms. The van der Waals surface area contributed by atoms with Crippen molar-refractivity contribution < 1.29 is 22.3 Å². The molecule has 1 aromatic carbocycles. The van der Waals surface area contributed by atoms with Crippen LogP contribution < -0.4 is 10.2 Å². The fourth-order valence-corrected chi connectivity index (χ4v) is 2.96. The lowest BCUT2D eigenvalue weighted by atomic mass is 10.1. The molecule has 114 valence electrons. The van der Waals surface area contributed by atoms with E-state index in [4.69, 9.17) is 13.9 Å². The topological polar surface area (TPSA) is 82.8 Å². The van der Waals surface area contributed by atoms with E-state index in [0.717, 1.165) is 6.26 Å². The van der Waals surface area contributed by atoms with E-state index in [9.17, 15) is 13.2 Å². The molecule has 0 radical (unpaired) electrons. The number of sulfone groups is 1. The van der Waals surface area contributed by atoms with E-state index >= 15 is 0 Å². The van der Waals surface area contributed by atoms with Crippen molar-refractivity contribution in [2.24, 2.45) is 0 Å². The van der Waals surface area contributed by atoms with Gasteiger partial charge in [0, 0.05) is 18.9 Å². The minimum absolute atomic E-state index is 0.0430. The molecule has 0 N–H and O–H groups in total. The van der Waals surface area contributed by atoms with Crippen LogP contribution in [0.4, 0.5) is 0 Å². The smallest absolute Gasteiger partial charge is 0.225 e. The fraction of sp³-hybridized carbons (Fsp3) is 0.357. The second-order valence-electron chi connectivity index (χ2n) is 4.73. The van der Waals surface area contributed by atoms with Gasteiger partial charge < -0.3 is 13.9 Å². The average Bonchev–Trinajstić information content (AvgIpc) is 2.41. The lowest BCUT2D eigenvalue weighted by molar-refractivity contribution is 0.0507. The Balaban J connectivity index is 2.81. The number of hydrogen-bond donors (Lipinski definition) is 0. The molecule has 21 heavy (non-hydrogen) atoms. The lowest BCUT2D eigenvalue weighted by Gasteiger charge is -2.11. The van der Waals surface area contributed by atoms with Gasteiger partial charge >= 0.3 is 0 Å². The summed E-state index contributed by atoms with van der Waals surface area (Å²) in [7, 11) is -2.14. The SMILES string of the molecule is COCOc1ccc2c(=O)c(C)c(S(C)(=O)=O)oc2c1C. The van der Waals surface area contributed by atoms with Gasteiger partial charge in [0.25, 0.3) is 0 Å². The summed E-state index contributed by atoms with van der Waals surface area (Å²) >= 11 is 0. The molecule has 0 spiro atoms. The van der Waals surface area contributed by atoms with Crippen molar-refractivity contribution in [3.05, 3.63) is 33.5 Å². The molecule has 2 rings (SSSR count). The summed E-state index contributed by atoms with van der Waals surface area (Å²) < 4.78 is 39.1. The van der Waals surface area contributed by atoms with Gasteiger partial charge in [0.1, 0.15) is 11.3 Å². The maximum Gasteiger partial charge on any atom is 0.225 e. The van der Waals surface area contributed by atoms with Crippen LogP contribution in [0.2, 0.25) is 0 Å². The van der Waals surface area contributed by atoms with Gasteiger partial charge in [-0.25, -0.2) is 8.42 Å². The molecule has 0 aliphatic rings. The molecule has 6 nitrogen and oxygen atoms in total. The zero-order valence-electron chi connectivity index (χ0n) is 12.2. The third kappa shape index (κ3) is 2.79. The largest absolute Gasteiger partial charge is 0.467 e. The average molecular weight is 312 g/mol. The number of fused-ring (bicyclic) bond motifs is 1. The van der Waals surface area contributed by atoms with E-state index in [1.807, 2.05) is 0 Å². The molecule has 0 saturated heterocycles. The Morgan fingerprint density at radius 1 is 1.19 bits per heavy atom. The number of benzene rings is 1.